The summed E-state index contributed by atoms with van der Waals surface area (Å²) in [6, 6.07) is 12.3. The Hall–Kier alpha value is -2.31. The van der Waals surface area contributed by atoms with Gasteiger partial charge in [-0.3, -0.25) is 9.69 Å². The van der Waals surface area contributed by atoms with E-state index in [0.29, 0.717) is 6.54 Å². The van der Waals surface area contributed by atoms with E-state index in [2.05, 4.69) is 5.32 Å². The fraction of sp³-hybridized carbons (Fsp3) is 0.350. The van der Waals surface area contributed by atoms with E-state index in [9.17, 15) is 13.6 Å². The number of carbonyl (C=O) groups excluding carboxylic acids is 1. The average molecular weight is 359 g/mol. The zero-order valence-electron chi connectivity index (χ0n) is 14.5. The van der Waals surface area contributed by atoms with Crippen LogP contribution in [-0.2, 0) is 11.3 Å². The van der Waals surface area contributed by atoms with Crippen LogP contribution in [0, 0.1) is 11.6 Å². The van der Waals surface area contributed by atoms with Crippen molar-refractivity contribution >= 4 is 5.91 Å². The molecule has 0 spiro atoms. The smallest absolute Gasteiger partial charge is 0.241 e. The number of nitrogens with two attached hydrogens (primary N) is 1. The van der Waals surface area contributed by atoms with Crippen LogP contribution in [0.2, 0.25) is 0 Å². The van der Waals surface area contributed by atoms with Crippen molar-refractivity contribution in [2.24, 2.45) is 5.73 Å². The molecule has 1 aliphatic heterocycles. The fourth-order valence-electron chi connectivity index (χ4n) is 3.33. The summed E-state index contributed by atoms with van der Waals surface area (Å²) in [7, 11) is 0. The van der Waals surface area contributed by atoms with E-state index in [4.69, 9.17) is 5.73 Å². The normalized spacial score (nSPS) is 19.1. The van der Waals surface area contributed by atoms with Gasteiger partial charge in [0.2, 0.25) is 5.91 Å². The number of benzene rings is 2. The zero-order chi connectivity index (χ0) is 18.5. The van der Waals surface area contributed by atoms with E-state index < -0.39 is 17.7 Å². The van der Waals surface area contributed by atoms with E-state index in [1.165, 1.54) is 18.2 Å². The van der Waals surface area contributed by atoms with Gasteiger partial charge in [-0.15, -0.1) is 0 Å². The molecule has 0 bridgehead atoms. The third-order valence-electron chi connectivity index (χ3n) is 4.74. The van der Waals surface area contributed by atoms with Crippen LogP contribution in [0.15, 0.2) is 48.5 Å². The Labute approximate surface area is 152 Å². The van der Waals surface area contributed by atoms with Crippen LogP contribution in [0.4, 0.5) is 8.78 Å². The molecule has 1 heterocycles. The Morgan fingerprint density at radius 2 is 1.85 bits per heavy atom. The molecule has 1 aliphatic rings. The van der Waals surface area contributed by atoms with Gasteiger partial charge in [0.1, 0.15) is 17.7 Å². The average Bonchev–Trinajstić information content (AvgIpc) is 2.65. The number of piperidine rings is 1. The van der Waals surface area contributed by atoms with Crippen molar-refractivity contribution in [1.82, 2.24) is 10.2 Å². The van der Waals surface area contributed by atoms with Crippen LogP contribution >= 0.6 is 0 Å². The minimum Gasteiger partial charge on any atom is -0.350 e. The van der Waals surface area contributed by atoms with Crippen molar-refractivity contribution in [2.45, 2.75) is 31.5 Å². The molecule has 6 heteroatoms. The topological polar surface area (TPSA) is 58.4 Å². The van der Waals surface area contributed by atoms with Gasteiger partial charge in [-0.25, -0.2) is 8.78 Å². The molecule has 2 aromatic carbocycles. The summed E-state index contributed by atoms with van der Waals surface area (Å²) in [6.07, 6.45) is 1.67. The Morgan fingerprint density at radius 3 is 2.54 bits per heavy atom. The van der Waals surface area contributed by atoms with Crippen LogP contribution in [0.1, 0.15) is 30.0 Å². The number of hydrogen-bond acceptors (Lipinski definition) is 3. The van der Waals surface area contributed by atoms with Gasteiger partial charge >= 0.3 is 0 Å². The summed E-state index contributed by atoms with van der Waals surface area (Å²) in [5.41, 5.74) is 6.85. The molecule has 1 fully saturated rings. The number of likely N-dealkylation sites (tertiary alicyclic amines) is 1. The summed E-state index contributed by atoms with van der Waals surface area (Å²) < 4.78 is 27.7. The molecule has 1 amide bonds. The van der Waals surface area contributed by atoms with Gasteiger partial charge in [0.05, 0.1) is 0 Å². The molecule has 138 valence electrons. The second kappa shape index (κ2) is 8.38. The molecular formula is C20H23F2N3O. The lowest BCUT2D eigenvalue weighted by atomic mass is 10.0. The molecule has 3 rings (SSSR count). The Kier molecular flexibility index (Phi) is 5.96. The molecule has 0 radical (unpaired) electrons. The van der Waals surface area contributed by atoms with Crippen molar-refractivity contribution < 1.29 is 13.6 Å². The lowest BCUT2D eigenvalue weighted by Crippen LogP contribution is -2.49. The quantitative estimate of drug-likeness (QED) is 0.863. The van der Waals surface area contributed by atoms with Crippen LogP contribution in [0.25, 0.3) is 0 Å². The molecule has 3 N–H and O–H groups in total. The lowest BCUT2D eigenvalue weighted by molar-refractivity contribution is -0.123. The van der Waals surface area contributed by atoms with Crippen molar-refractivity contribution in [3.05, 3.63) is 71.3 Å². The van der Waals surface area contributed by atoms with Crippen molar-refractivity contribution in [1.29, 1.82) is 0 Å². The summed E-state index contributed by atoms with van der Waals surface area (Å²) in [5, 5.41) is 2.97. The highest BCUT2D eigenvalue weighted by Crippen LogP contribution is 2.19. The standard InChI is InChI=1S/C20H23F2N3O/c21-17-9-4-10-18(22)16(17)13-25-11-5-8-15(12-25)24-20(26)19(23)14-6-2-1-3-7-14/h1-4,6-7,9-10,15,19H,5,8,11-13,23H2,(H,24,26). The fourth-order valence-corrected chi connectivity index (χ4v) is 3.33. The van der Waals surface area contributed by atoms with Gasteiger partial charge in [-0.1, -0.05) is 36.4 Å². The number of hydrogen-bond donors (Lipinski definition) is 2. The van der Waals surface area contributed by atoms with Crippen LogP contribution < -0.4 is 11.1 Å². The molecule has 2 unspecified atom stereocenters. The molecule has 0 aliphatic carbocycles. The van der Waals surface area contributed by atoms with Crippen molar-refractivity contribution in [2.75, 3.05) is 13.1 Å². The van der Waals surface area contributed by atoms with Gasteiger partial charge in [0.25, 0.3) is 0 Å². The molecule has 0 saturated carbocycles. The lowest BCUT2D eigenvalue weighted by Gasteiger charge is -2.33. The van der Waals surface area contributed by atoms with Crippen LogP contribution in [-0.4, -0.2) is 29.9 Å². The second-order valence-electron chi connectivity index (χ2n) is 6.67. The minimum atomic E-state index is -0.726. The SMILES string of the molecule is NC(C(=O)NC1CCCN(Cc2c(F)cccc2F)C1)c1ccccc1. The van der Waals surface area contributed by atoms with Gasteiger partial charge in [-0.05, 0) is 37.1 Å². The number of rotatable bonds is 5. The maximum Gasteiger partial charge on any atom is 0.241 e. The zero-order valence-corrected chi connectivity index (χ0v) is 14.5. The highest BCUT2D eigenvalue weighted by molar-refractivity contribution is 5.83. The molecule has 4 nitrogen and oxygen atoms in total. The molecule has 2 atom stereocenters. The molecular weight excluding hydrogens is 336 g/mol. The highest BCUT2D eigenvalue weighted by atomic mass is 19.1. The number of amides is 1. The predicted octanol–water partition coefficient (Wildman–Crippen LogP) is 2.75. The Morgan fingerprint density at radius 1 is 1.15 bits per heavy atom. The molecule has 26 heavy (non-hydrogen) atoms. The van der Waals surface area contributed by atoms with E-state index in [1.54, 1.807) is 0 Å². The van der Waals surface area contributed by atoms with Gasteiger partial charge in [0, 0.05) is 24.7 Å². The van der Waals surface area contributed by atoms with Crippen molar-refractivity contribution in [3.8, 4) is 0 Å². The Balaban J connectivity index is 1.59. The number of carbonyl (C=O) groups is 1. The van der Waals surface area contributed by atoms with Gasteiger partial charge in [-0.2, -0.15) is 0 Å². The molecule has 2 aromatic rings. The summed E-state index contributed by atoms with van der Waals surface area (Å²) in [6.45, 7) is 1.47. The maximum atomic E-state index is 13.9. The van der Waals surface area contributed by atoms with E-state index in [0.717, 1.165) is 24.9 Å². The third-order valence-corrected chi connectivity index (χ3v) is 4.74. The summed E-state index contributed by atoms with van der Waals surface area (Å²) in [5.74, 6) is -1.32. The number of nitrogens with one attached hydrogen (secondary N) is 1. The second-order valence-corrected chi connectivity index (χ2v) is 6.67. The number of halogens is 2. The summed E-state index contributed by atoms with van der Waals surface area (Å²) in [4.78, 5) is 14.4. The van der Waals surface area contributed by atoms with E-state index >= 15 is 0 Å². The number of nitrogens with zero attached hydrogens (tertiary/aromatic N) is 1. The van der Waals surface area contributed by atoms with Crippen molar-refractivity contribution in [3.63, 3.8) is 0 Å². The monoisotopic (exact) mass is 359 g/mol. The summed E-state index contributed by atoms with van der Waals surface area (Å²) >= 11 is 0. The van der Waals surface area contributed by atoms with E-state index in [1.807, 2.05) is 35.2 Å². The van der Waals surface area contributed by atoms with Gasteiger partial charge < -0.3 is 11.1 Å². The first-order valence-electron chi connectivity index (χ1n) is 8.80. The molecule has 0 aromatic heterocycles. The van der Waals surface area contributed by atoms with E-state index in [-0.39, 0.29) is 24.1 Å². The maximum absolute atomic E-state index is 13.9. The van der Waals surface area contributed by atoms with Gasteiger partial charge in [0.15, 0.2) is 0 Å². The first kappa shape index (κ1) is 18.5. The first-order valence-corrected chi connectivity index (χ1v) is 8.80. The van der Waals surface area contributed by atoms with Crippen LogP contribution in [0.3, 0.4) is 0 Å². The van der Waals surface area contributed by atoms with Crippen LogP contribution in [0.5, 0.6) is 0 Å². The third kappa shape index (κ3) is 4.45. The minimum absolute atomic E-state index is 0.0699. The predicted molar refractivity (Wildman–Crippen MR) is 96.2 cm³/mol. The Bertz CT molecular complexity index is 734. The highest BCUT2D eigenvalue weighted by Gasteiger charge is 2.25. The first-order chi connectivity index (χ1) is 12.5. The largest absolute Gasteiger partial charge is 0.350 e. The molecule has 1 saturated heterocycles.